The van der Waals surface area contributed by atoms with E-state index in [4.69, 9.17) is 10.6 Å². The highest BCUT2D eigenvalue weighted by Crippen LogP contribution is 1.94. The van der Waals surface area contributed by atoms with Crippen molar-refractivity contribution in [1.82, 2.24) is 10.3 Å². The van der Waals surface area contributed by atoms with Gasteiger partial charge in [0.05, 0.1) is 0 Å². The Labute approximate surface area is 96.4 Å². The van der Waals surface area contributed by atoms with Crippen LogP contribution < -0.4 is 11.3 Å². The van der Waals surface area contributed by atoms with Crippen molar-refractivity contribution in [3.8, 4) is 0 Å². The van der Waals surface area contributed by atoms with Crippen molar-refractivity contribution in [1.29, 1.82) is 0 Å². The van der Waals surface area contributed by atoms with Gasteiger partial charge in [-0.25, -0.2) is 5.84 Å². The van der Waals surface area contributed by atoms with Crippen LogP contribution in [0.15, 0.2) is 4.99 Å². The first-order valence-corrected chi connectivity index (χ1v) is 6.35. The molecule has 0 unspecified atom stereocenters. The molecule has 0 fully saturated rings. The molecule has 0 aromatic heterocycles. The number of nitrogens with zero attached hydrogens (tertiary/aromatic N) is 2. The van der Waals surface area contributed by atoms with Gasteiger partial charge in [-0.1, -0.05) is 0 Å². The molecule has 0 saturated heterocycles. The third-order valence-corrected chi connectivity index (χ3v) is 2.48. The van der Waals surface area contributed by atoms with Gasteiger partial charge in [0.1, 0.15) is 0 Å². The lowest BCUT2D eigenvalue weighted by Crippen LogP contribution is -2.43. The van der Waals surface area contributed by atoms with E-state index in [1.807, 2.05) is 11.9 Å². The summed E-state index contributed by atoms with van der Waals surface area (Å²) in [5.74, 6) is 7.20. The number of thioether (sulfide) groups is 1. The fraction of sp³-hybridized carbons (Fsp3) is 0.889. The molecule has 0 aromatic rings. The number of aliphatic imine (C=N–C) groups is 1. The number of nitrogens with two attached hydrogens (primary N) is 1. The number of hydrogen-bond acceptors (Lipinski definition) is 4. The minimum Gasteiger partial charge on any atom is -0.385 e. The Morgan fingerprint density at radius 1 is 1.60 bits per heavy atom. The Kier molecular flexibility index (Phi) is 9.76. The maximum atomic E-state index is 5.40. The summed E-state index contributed by atoms with van der Waals surface area (Å²) in [5.41, 5.74) is 2.61. The van der Waals surface area contributed by atoms with E-state index in [0.29, 0.717) is 0 Å². The van der Waals surface area contributed by atoms with E-state index in [2.05, 4.69) is 16.7 Å². The van der Waals surface area contributed by atoms with Gasteiger partial charge in [0.2, 0.25) is 5.96 Å². The van der Waals surface area contributed by atoms with Crippen LogP contribution >= 0.6 is 11.8 Å². The van der Waals surface area contributed by atoms with Crippen molar-refractivity contribution in [2.24, 2.45) is 10.8 Å². The monoisotopic (exact) mass is 234 g/mol. The highest BCUT2D eigenvalue weighted by atomic mass is 32.2. The standard InChI is InChI=1S/C9H22N4OS/c1-13(6-8-15-3)9(12-10)11-5-4-7-14-2/h4-8,10H2,1-3H3,(H,11,12). The van der Waals surface area contributed by atoms with Crippen molar-refractivity contribution in [2.75, 3.05) is 45.9 Å². The molecular formula is C9H22N4OS. The molecule has 0 aliphatic carbocycles. The summed E-state index contributed by atoms with van der Waals surface area (Å²) >= 11 is 1.80. The normalized spacial score (nSPS) is 11.6. The Bertz CT molecular complexity index is 177. The fourth-order valence-electron chi connectivity index (χ4n) is 1.00. The lowest BCUT2D eigenvalue weighted by Gasteiger charge is -2.19. The van der Waals surface area contributed by atoms with Crippen molar-refractivity contribution >= 4 is 17.7 Å². The number of hydrazine groups is 1. The van der Waals surface area contributed by atoms with E-state index in [1.54, 1.807) is 18.9 Å². The molecule has 0 saturated carbocycles. The molecule has 5 nitrogen and oxygen atoms in total. The molecule has 0 atom stereocenters. The lowest BCUT2D eigenvalue weighted by atomic mass is 10.4. The topological polar surface area (TPSA) is 62.9 Å². The highest BCUT2D eigenvalue weighted by Gasteiger charge is 2.02. The summed E-state index contributed by atoms with van der Waals surface area (Å²) in [5, 5.41) is 0. The molecule has 6 heteroatoms. The van der Waals surface area contributed by atoms with Crippen LogP contribution in [-0.4, -0.2) is 56.7 Å². The van der Waals surface area contributed by atoms with Crippen LogP contribution in [0.1, 0.15) is 6.42 Å². The predicted molar refractivity (Wildman–Crippen MR) is 67.1 cm³/mol. The number of hydrogen-bond donors (Lipinski definition) is 2. The second kappa shape index (κ2) is 10.1. The third-order valence-electron chi connectivity index (χ3n) is 1.89. The van der Waals surface area contributed by atoms with Gasteiger partial charge in [0.25, 0.3) is 0 Å². The molecule has 0 bridgehead atoms. The minimum atomic E-state index is 0.732. The third kappa shape index (κ3) is 7.47. The van der Waals surface area contributed by atoms with Crippen molar-refractivity contribution in [2.45, 2.75) is 6.42 Å². The highest BCUT2D eigenvalue weighted by molar-refractivity contribution is 7.98. The van der Waals surface area contributed by atoms with Crippen LogP contribution in [-0.2, 0) is 4.74 Å². The van der Waals surface area contributed by atoms with E-state index in [-0.39, 0.29) is 0 Å². The van der Waals surface area contributed by atoms with Gasteiger partial charge in [-0.05, 0) is 12.7 Å². The van der Waals surface area contributed by atoms with E-state index in [1.165, 1.54) is 0 Å². The van der Waals surface area contributed by atoms with Gasteiger partial charge in [0.15, 0.2) is 0 Å². The number of methoxy groups -OCH3 is 1. The molecule has 90 valence electrons. The molecule has 15 heavy (non-hydrogen) atoms. The molecule has 0 amide bonds. The van der Waals surface area contributed by atoms with Crippen LogP contribution in [0.5, 0.6) is 0 Å². The van der Waals surface area contributed by atoms with Gasteiger partial charge >= 0.3 is 0 Å². The maximum Gasteiger partial charge on any atom is 0.208 e. The molecule has 0 aliphatic rings. The number of guanidine groups is 1. The average Bonchev–Trinajstić information content (AvgIpc) is 2.26. The zero-order valence-electron chi connectivity index (χ0n) is 9.82. The summed E-state index contributed by atoms with van der Waals surface area (Å²) < 4.78 is 4.94. The van der Waals surface area contributed by atoms with Gasteiger partial charge in [-0.15, -0.1) is 0 Å². The van der Waals surface area contributed by atoms with E-state index in [9.17, 15) is 0 Å². The van der Waals surface area contributed by atoms with E-state index in [0.717, 1.165) is 37.8 Å². The number of rotatable bonds is 7. The maximum absolute atomic E-state index is 5.40. The van der Waals surface area contributed by atoms with Crippen LogP contribution in [0, 0.1) is 0 Å². The Hall–Kier alpha value is -0.460. The molecule has 0 aromatic carbocycles. The van der Waals surface area contributed by atoms with Crippen LogP contribution in [0.2, 0.25) is 0 Å². The second-order valence-electron chi connectivity index (χ2n) is 3.11. The van der Waals surface area contributed by atoms with Crippen LogP contribution in [0.25, 0.3) is 0 Å². The van der Waals surface area contributed by atoms with Crippen LogP contribution in [0.4, 0.5) is 0 Å². The molecule has 3 N–H and O–H groups in total. The molecule has 0 radical (unpaired) electrons. The first-order valence-electron chi connectivity index (χ1n) is 4.96. The van der Waals surface area contributed by atoms with Gasteiger partial charge in [0, 0.05) is 39.6 Å². The zero-order valence-corrected chi connectivity index (χ0v) is 10.6. The first kappa shape index (κ1) is 14.5. The molecular weight excluding hydrogens is 212 g/mol. The molecule has 0 aliphatic heterocycles. The van der Waals surface area contributed by atoms with E-state index >= 15 is 0 Å². The van der Waals surface area contributed by atoms with Gasteiger partial charge in [-0.3, -0.25) is 10.4 Å². The molecule has 0 heterocycles. The fourth-order valence-corrected chi connectivity index (χ4v) is 1.46. The quantitative estimate of drug-likeness (QED) is 0.216. The van der Waals surface area contributed by atoms with Crippen molar-refractivity contribution < 1.29 is 4.74 Å². The number of ether oxygens (including phenoxy) is 1. The van der Waals surface area contributed by atoms with Gasteiger partial charge < -0.3 is 9.64 Å². The Morgan fingerprint density at radius 3 is 2.87 bits per heavy atom. The predicted octanol–water partition coefficient (Wildman–Crippen LogP) is 0.137. The van der Waals surface area contributed by atoms with E-state index < -0.39 is 0 Å². The van der Waals surface area contributed by atoms with Gasteiger partial charge in [-0.2, -0.15) is 11.8 Å². The zero-order chi connectivity index (χ0) is 11.5. The summed E-state index contributed by atoms with van der Waals surface area (Å²) in [6.07, 6.45) is 3.00. The van der Waals surface area contributed by atoms with Crippen LogP contribution in [0.3, 0.4) is 0 Å². The first-order chi connectivity index (χ1) is 7.26. The largest absolute Gasteiger partial charge is 0.385 e. The Balaban J connectivity index is 3.86. The summed E-state index contributed by atoms with van der Waals surface area (Å²) in [4.78, 5) is 6.37. The summed E-state index contributed by atoms with van der Waals surface area (Å²) in [6.45, 7) is 2.40. The Morgan fingerprint density at radius 2 is 2.33 bits per heavy atom. The minimum absolute atomic E-state index is 0.732. The summed E-state index contributed by atoms with van der Waals surface area (Å²) in [7, 11) is 3.67. The second-order valence-corrected chi connectivity index (χ2v) is 4.10. The average molecular weight is 234 g/mol. The SMILES string of the molecule is COCCCN=C(NN)N(C)CCSC. The number of nitrogens with one attached hydrogen (secondary N) is 1. The lowest BCUT2D eigenvalue weighted by molar-refractivity contribution is 0.197. The molecule has 0 rings (SSSR count). The smallest absolute Gasteiger partial charge is 0.208 e. The summed E-state index contributed by atoms with van der Waals surface area (Å²) in [6, 6.07) is 0. The van der Waals surface area contributed by atoms with Crippen molar-refractivity contribution in [3.63, 3.8) is 0 Å². The van der Waals surface area contributed by atoms with Crippen molar-refractivity contribution in [3.05, 3.63) is 0 Å². The molecule has 0 spiro atoms.